The van der Waals surface area contributed by atoms with Crippen LogP contribution in [0.1, 0.15) is 28.9 Å². The van der Waals surface area contributed by atoms with Crippen molar-refractivity contribution in [2.45, 2.75) is 13.0 Å². The van der Waals surface area contributed by atoms with Gasteiger partial charge in [-0.1, -0.05) is 30.3 Å². The number of hydrogen-bond acceptors (Lipinski definition) is 3. The molecule has 0 bridgehead atoms. The molecule has 0 saturated carbocycles. The summed E-state index contributed by atoms with van der Waals surface area (Å²) in [5, 5.41) is 0. The molecular formula is C18H17N3O. The largest absolute Gasteiger partial charge is 0.335 e. The highest BCUT2D eigenvalue weighted by molar-refractivity contribution is 5.97. The molecule has 0 aliphatic rings. The standard InChI is InChI=1S/C18H17N3O/c1-13(14-6-4-3-5-7-14)21(2)18(22)15-8-9-16-17(12-15)20-11-10-19-16/h3-13H,1-2H3. The van der Waals surface area contributed by atoms with E-state index in [1.807, 2.05) is 50.4 Å². The zero-order valence-corrected chi connectivity index (χ0v) is 12.6. The molecule has 1 heterocycles. The fraction of sp³-hybridized carbons (Fsp3) is 0.167. The van der Waals surface area contributed by atoms with E-state index in [0.29, 0.717) is 5.56 Å². The van der Waals surface area contributed by atoms with Gasteiger partial charge in [0.05, 0.1) is 17.1 Å². The molecule has 1 amide bonds. The van der Waals surface area contributed by atoms with Crippen molar-refractivity contribution in [2.75, 3.05) is 7.05 Å². The highest BCUT2D eigenvalue weighted by Gasteiger charge is 2.19. The normalized spacial score (nSPS) is 12.1. The molecule has 0 aliphatic carbocycles. The lowest BCUT2D eigenvalue weighted by molar-refractivity contribution is 0.0743. The molecule has 0 aliphatic heterocycles. The number of amides is 1. The molecule has 0 radical (unpaired) electrons. The Morgan fingerprint density at radius 3 is 2.41 bits per heavy atom. The van der Waals surface area contributed by atoms with Crippen LogP contribution in [0, 0.1) is 0 Å². The number of nitrogens with zero attached hydrogens (tertiary/aromatic N) is 3. The molecule has 110 valence electrons. The molecule has 2 aromatic carbocycles. The minimum absolute atomic E-state index is 0.00579. The molecular weight excluding hydrogens is 274 g/mol. The molecule has 22 heavy (non-hydrogen) atoms. The Bertz CT molecular complexity index is 802. The summed E-state index contributed by atoms with van der Waals surface area (Å²) >= 11 is 0. The Kier molecular flexibility index (Phi) is 3.83. The zero-order valence-electron chi connectivity index (χ0n) is 12.6. The van der Waals surface area contributed by atoms with Gasteiger partial charge in [-0.25, -0.2) is 0 Å². The molecule has 0 fully saturated rings. The van der Waals surface area contributed by atoms with Gasteiger partial charge in [-0.2, -0.15) is 0 Å². The van der Waals surface area contributed by atoms with E-state index in [1.54, 1.807) is 29.4 Å². The predicted octanol–water partition coefficient (Wildman–Crippen LogP) is 3.46. The van der Waals surface area contributed by atoms with Crippen LogP contribution in [0.3, 0.4) is 0 Å². The molecule has 0 saturated heterocycles. The van der Waals surface area contributed by atoms with Crippen LogP contribution in [0.25, 0.3) is 11.0 Å². The maximum absolute atomic E-state index is 12.7. The molecule has 4 nitrogen and oxygen atoms in total. The number of benzene rings is 2. The molecule has 1 aromatic heterocycles. The maximum Gasteiger partial charge on any atom is 0.254 e. The zero-order chi connectivity index (χ0) is 15.5. The molecule has 0 N–H and O–H groups in total. The number of aromatic nitrogens is 2. The van der Waals surface area contributed by atoms with E-state index in [-0.39, 0.29) is 11.9 Å². The van der Waals surface area contributed by atoms with Crippen LogP contribution >= 0.6 is 0 Å². The first-order valence-electron chi connectivity index (χ1n) is 7.19. The van der Waals surface area contributed by atoms with Crippen LogP contribution in [0.2, 0.25) is 0 Å². The molecule has 3 aromatic rings. The second-order valence-electron chi connectivity index (χ2n) is 5.26. The minimum Gasteiger partial charge on any atom is -0.335 e. The van der Waals surface area contributed by atoms with E-state index >= 15 is 0 Å². The first-order valence-corrected chi connectivity index (χ1v) is 7.19. The summed E-state index contributed by atoms with van der Waals surface area (Å²) < 4.78 is 0. The number of carbonyl (C=O) groups is 1. The minimum atomic E-state index is -0.0242. The lowest BCUT2D eigenvalue weighted by Crippen LogP contribution is -2.29. The number of carbonyl (C=O) groups excluding carboxylic acids is 1. The third-order valence-corrected chi connectivity index (χ3v) is 3.90. The van der Waals surface area contributed by atoms with Crippen LogP contribution in [-0.2, 0) is 0 Å². The van der Waals surface area contributed by atoms with E-state index in [4.69, 9.17) is 0 Å². The van der Waals surface area contributed by atoms with E-state index < -0.39 is 0 Å². The van der Waals surface area contributed by atoms with Crippen molar-refractivity contribution in [2.24, 2.45) is 0 Å². The molecule has 0 spiro atoms. The smallest absolute Gasteiger partial charge is 0.254 e. The highest BCUT2D eigenvalue weighted by Crippen LogP contribution is 2.21. The Morgan fingerprint density at radius 1 is 1.00 bits per heavy atom. The Morgan fingerprint density at radius 2 is 1.68 bits per heavy atom. The summed E-state index contributed by atoms with van der Waals surface area (Å²) in [5.74, 6) is -0.0242. The van der Waals surface area contributed by atoms with Gasteiger partial charge >= 0.3 is 0 Å². The van der Waals surface area contributed by atoms with Gasteiger partial charge in [-0.15, -0.1) is 0 Å². The summed E-state index contributed by atoms with van der Waals surface area (Å²) in [7, 11) is 1.82. The van der Waals surface area contributed by atoms with Crippen molar-refractivity contribution in [3.05, 3.63) is 72.1 Å². The monoisotopic (exact) mass is 291 g/mol. The summed E-state index contributed by atoms with van der Waals surface area (Å²) in [6, 6.07) is 15.4. The fourth-order valence-electron chi connectivity index (χ4n) is 2.43. The van der Waals surface area contributed by atoms with E-state index in [2.05, 4.69) is 9.97 Å². The van der Waals surface area contributed by atoms with Crippen molar-refractivity contribution in [1.82, 2.24) is 14.9 Å². The van der Waals surface area contributed by atoms with Gasteiger partial charge in [-0.3, -0.25) is 14.8 Å². The van der Waals surface area contributed by atoms with Gasteiger partial charge < -0.3 is 4.90 Å². The topological polar surface area (TPSA) is 46.1 Å². The third kappa shape index (κ3) is 2.68. The summed E-state index contributed by atoms with van der Waals surface area (Å²) in [6.07, 6.45) is 3.28. The average molecular weight is 291 g/mol. The number of hydrogen-bond donors (Lipinski definition) is 0. The second-order valence-corrected chi connectivity index (χ2v) is 5.26. The van der Waals surface area contributed by atoms with Crippen molar-refractivity contribution in [1.29, 1.82) is 0 Å². The van der Waals surface area contributed by atoms with Crippen LogP contribution in [0.5, 0.6) is 0 Å². The van der Waals surface area contributed by atoms with E-state index in [0.717, 1.165) is 16.6 Å². The SMILES string of the molecule is CC(c1ccccc1)N(C)C(=O)c1ccc2nccnc2c1. The van der Waals surface area contributed by atoms with Crippen LogP contribution in [-0.4, -0.2) is 27.8 Å². The Labute approximate surface area is 129 Å². The predicted molar refractivity (Wildman–Crippen MR) is 86.5 cm³/mol. The van der Waals surface area contributed by atoms with Gasteiger partial charge in [-0.05, 0) is 30.7 Å². The fourth-order valence-corrected chi connectivity index (χ4v) is 2.43. The molecule has 1 atom stereocenters. The average Bonchev–Trinajstić information content (AvgIpc) is 2.60. The summed E-state index contributed by atoms with van der Waals surface area (Å²) in [6.45, 7) is 2.02. The Balaban J connectivity index is 1.88. The maximum atomic E-state index is 12.7. The van der Waals surface area contributed by atoms with Gasteiger partial charge in [0.15, 0.2) is 0 Å². The van der Waals surface area contributed by atoms with Crippen LogP contribution in [0.15, 0.2) is 60.9 Å². The lowest BCUT2D eigenvalue weighted by atomic mass is 10.1. The first-order chi connectivity index (χ1) is 10.7. The summed E-state index contributed by atoms with van der Waals surface area (Å²) in [4.78, 5) is 22.9. The Hall–Kier alpha value is -2.75. The molecule has 1 unspecified atom stereocenters. The van der Waals surface area contributed by atoms with Gasteiger partial charge in [0.1, 0.15) is 0 Å². The number of rotatable bonds is 3. The second kappa shape index (κ2) is 5.93. The van der Waals surface area contributed by atoms with Crippen LogP contribution < -0.4 is 0 Å². The van der Waals surface area contributed by atoms with E-state index in [1.165, 1.54) is 0 Å². The molecule has 4 heteroatoms. The van der Waals surface area contributed by atoms with Crippen molar-refractivity contribution >= 4 is 16.9 Å². The first kappa shape index (κ1) is 14.2. The van der Waals surface area contributed by atoms with Crippen molar-refractivity contribution in [3.8, 4) is 0 Å². The van der Waals surface area contributed by atoms with Crippen LogP contribution in [0.4, 0.5) is 0 Å². The lowest BCUT2D eigenvalue weighted by Gasteiger charge is -2.25. The van der Waals surface area contributed by atoms with Crippen molar-refractivity contribution < 1.29 is 4.79 Å². The molecule has 3 rings (SSSR count). The van der Waals surface area contributed by atoms with Gasteiger partial charge in [0.25, 0.3) is 5.91 Å². The third-order valence-electron chi connectivity index (χ3n) is 3.90. The van der Waals surface area contributed by atoms with Gasteiger partial charge in [0, 0.05) is 25.0 Å². The van der Waals surface area contributed by atoms with Crippen molar-refractivity contribution in [3.63, 3.8) is 0 Å². The highest BCUT2D eigenvalue weighted by atomic mass is 16.2. The van der Waals surface area contributed by atoms with E-state index in [9.17, 15) is 4.79 Å². The van der Waals surface area contributed by atoms with Gasteiger partial charge in [0.2, 0.25) is 0 Å². The number of fused-ring (bicyclic) bond motifs is 1. The summed E-state index contributed by atoms with van der Waals surface area (Å²) in [5.41, 5.74) is 3.25. The quantitative estimate of drug-likeness (QED) is 0.742.